The summed E-state index contributed by atoms with van der Waals surface area (Å²) in [4.78, 5) is 0. The summed E-state index contributed by atoms with van der Waals surface area (Å²) in [7, 11) is -2.13. The number of hydrogen-bond donors (Lipinski definition) is 1. The molecule has 78 valence electrons. The van der Waals surface area contributed by atoms with Gasteiger partial charge in [-0.25, -0.2) is 0 Å². The van der Waals surface area contributed by atoms with Crippen LogP contribution in [-0.4, -0.2) is 25.6 Å². The van der Waals surface area contributed by atoms with Gasteiger partial charge in [0.05, 0.1) is 7.32 Å². The Hall–Kier alpha value is 3.18. The third-order valence-electron chi connectivity index (χ3n) is 1.81. The molecule has 0 rings (SSSR count). The average Bonchev–Trinajstić information content (AvgIpc) is 2.09. The Morgan fingerprint density at radius 2 is 1.33 bits per heavy atom. The molecule has 0 amide bonds. The van der Waals surface area contributed by atoms with Crippen LogP contribution in [0.15, 0.2) is 0 Å². The molecule has 0 radical (unpaired) electrons. The van der Waals surface area contributed by atoms with Gasteiger partial charge < -0.3 is 19.8 Å². The molecule has 0 saturated heterocycles. The quantitative estimate of drug-likeness (QED) is 0.332. The van der Waals surface area contributed by atoms with Crippen LogP contribution in [0, 0.1) is 0 Å². The molecule has 0 spiro atoms. The van der Waals surface area contributed by atoms with Crippen LogP contribution >= 0.6 is 0 Å². The number of unbranched alkanes of at least 4 members (excludes halogenated alkanes) is 5. The molecule has 0 aliphatic heterocycles. The standard InChI is InChI=1S/C8H17BO4.2K/c10-7-5-3-1-2-4-6-8-13-9(11)12;;/h10H,1-8H2;;/q-2;2*+1. The second kappa shape index (κ2) is 19.5. The average molecular weight is 266 g/mol. The third kappa shape index (κ3) is 22.8. The molecule has 7 heteroatoms. The first-order valence-corrected chi connectivity index (χ1v) is 4.81. The number of rotatable bonds is 9. The van der Waals surface area contributed by atoms with Crippen LogP contribution in [0.2, 0.25) is 0 Å². The second-order valence-corrected chi connectivity index (χ2v) is 3.00. The second-order valence-electron chi connectivity index (χ2n) is 3.00. The van der Waals surface area contributed by atoms with Crippen LogP contribution < -0.4 is 113 Å². The van der Waals surface area contributed by atoms with E-state index in [1.165, 1.54) is 0 Å². The van der Waals surface area contributed by atoms with Crippen molar-refractivity contribution in [2.75, 3.05) is 13.2 Å². The Labute approximate surface area is 178 Å². The number of aliphatic hydroxyl groups excluding tert-OH is 1. The van der Waals surface area contributed by atoms with E-state index in [9.17, 15) is 10.0 Å². The van der Waals surface area contributed by atoms with E-state index in [1.807, 2.05) is 0 Å². The van der Waals surface area contributed by atoms with E-state index < -0.39 is 7.32 Å². The monoisotopic (exact) mass is 266 g/mol. The van der Waals surface area contributed by atoms with Crippen LogP contribution in [0.4, 0.5) is 0 Å². The van der Waals surface area contributed by atoms with Gasteiger partial charge in [-0.15, -0.1) is 0 Å². The van der Waals surface area contributed by atoms with Gasteiger partial charge >= 0.3 is 103 Å². The normalized spacial score (nSPS) is 9.00. The Bertz CT molecular complexity index is 109. The van der Waals surface area contributed by atoms with Crippen molar-refractivity contribution in [3.63, 3.8) is 0 Å². The summed E-state index contributed by atoms with van der Waals surface area (Å²) in [5.41, 5.74) is 0. The Morgan fingerprint density at radius 1 is 0.867 bits per heavy atom. The van der Waals surface area contributed by atoms with Crippen molar-refractivity contribution >= 4 is 7.32 Å². The van der Waals surface area contributed by atoms with Gasteiger partial charge in [0.15, 0.2) is 0 Å². The number of hydrogen-bond acceptors (Lipinski definition) is 4. The van der Waals surface area contributed by atoms with Crippen molar-refractivity contribution in [2.24, 2.45) is 0 Å². The minimum Gasteiger partial charge on any atom is -0.871 e. The molecule has 0 aromatic rings. The summed E-state index contributed by atoms with van der Waals surface area (Å²) in [5.74, 6) is 0. The Balaban J connectivity index is -0.000000720. The van der Waals surface area contributed by atoms with Crippen molar-refractivity contribution in [1.82, 2.24) is 0 Å². The molecule has 0 aliphatic rings. The van der Waals surface area contributed by atoms with Crippen LogP contribution in [0.25, 0.3) is 0 Å². The molecular weight excluding hydrogens is 249 g/mol. The summed E-state index contributed by atoms with van der Waals surface area (Å²) >= 11 is 0. The Kier molecular flexibility index (Phi) is 30.3. The zero-order valence-corrected chi connectivity index (χ0v) is 16.2. The first kappa shape index (κ1) is 23.3. The van der Waals surface area contributed by atoms with E-state index in [0.29, 0.717) is 0 Å². The van der Waals surface area contributed by atoms with E-state index in [1.54, 1.807) is 0 Å². The summed E-state index contributed by atoms with van der Waals surface area (Å²) in [6.45, 7) is 0.537. The van der Waals surface area contributed by atoms with Crippen molar-refractivity contribution in [3.8, 4) is 0 Å². The van der Waals surface area contributed by atoms with Crippen molar-refractivity contribution in [3.05, 3.63) is 0 Å². The fraction of sp³-hybridized carbons (Fsp3) is 1.00. The molecule has 0 aromatic heterocycles. The topological polar surface area (TPSA) is 75.6 Å². The van der Waals surface area contributed by atoms with Crippen molar-refractivity contribution < 1.29 is 123 Å². The molecule has 0 heterocycles. The smallest absolute Gasteiger partial charge is 0.871 e. The van der Waals surface area contributed by atoms with Gasteiger partial charge in [0.25, 0.3) is 0 Å². The van der Waals surface area contributed by atoms with Crippen LogP contribution in [0.1, 0.15) is 38.5 Å². The maximum atomic E-state index is 9.90. The molecular formula is C8H17BK2O4. The summed E-state index contributed by atoms with van der Waals surface area (Å²) in [5, 5.41) is 28.3. The summed E-state index contributed by atoms with van der Waals surface area (Å²) in [6, 6.07) is 0. The molecule has 0 aromatic carbocycles. The predicted octanol–water partition coefficient (Wildman–Crippen LogP) is -6.95. The molecule has 0 saturated carbocycles. The van der Waals surface area contributed by atoms with Gasteiger partial charge in [0.2, 0.25) is 0 Å². The van der Waals surface area contributed by atoms with E-state index >= 15 is 0 Å². The van der Waals surface area contributed by atoms with E-state index in [2.05, 4.69) is 4.65 Å². The van der Waals surface area contributed by atoms with Crippen molar-refractivity contribution in [2.45, 2.75) is 38.5 Å². The first-order valence-electron chi connectivity index (χ1n) is 4.81. The molecule has 0 fully saturated rings. The molecule has 0 unspecified atom stereocenters. The maximum Gasteiger partial charge on any atom is 1.00 e. The molecule has 4 nitrogen and oxygen atoms in total. The minimum absolute atomic E-state index is 0. The zero-order chi connectivity index (χ0) is 9.94. The maximum absolute atomic E-state index is 9.90. The predicted molar refractivity (Wildman–Crippen MR) is 46.5 cm³/mol. The van der Waals surface area contributed by atoms with Gasteiger partial charge in [-0.2, -0.15) is 0 Å². The fourth-order valence-corrected chi connectivity index (χ4v) is 1.10. The van der Waals surface area contributed by atoms with Gasteiger partial charge in [-0.3, -0.25) is 0 Å². The molecule has 1 N–H and O–H groups in total. The molecule has 0 bridgehead atoms. The van der Waals surface area contributed by atoms with Crippen LogP contribution in [-0.2, 0) is 4.65 Å². The molecule has 0 atom stereocenters. The first-order chi connectivity index (χ1) is 6.27. The van der Waals surface area contributed by atoms with Crippen LogP contribution in [0.5, 0.6) is 0 Å². The molecule has 0 aliphatic carbocycles. The van der Waals surface area contributed by atoms with Gasteiger partial charge in [-0.1, -0.05) is 25.7 Å². The third-order valence-corrected chi connectivity index (χ3v) is 1.81. The Morgan fingerprint density at radius 3 is 1.80 bits per heavy atom. The summed E-state index contributed by atoms with van der Waals surface area (Å²) < 4.78 is 4.32. The van der Waals surface area contributed by atoms with E-state index in [0.717, 1.165) is 38.5 Å². The van der Waals surface area contributed by atoms with E-state index in [4.69, 9.17) is 5.11 Å². The summed E-state index contributed by atoms with van der Waals surface area (Å²) in [6.07, 6.45) is 5.84. The zero-order valence-electron chi connectivity index (χ0n) is 9.91. The molecule has 15 heavy (non-hydrogen) atoms. The minimum atomic E-state index is -2.13. The SMILES string of the molecule is [K+].[K+].[O-]B([O-])OCCCCCCCCO. The van der Waals surface area contributed by atoms with Gasteiger partial charge in [0.1, 0.15) is 0 Å². The number of aliphatic hydroxyl groups is 1. The fourth-order valence-electron chi connectivity index (χ4n) is 1.10. The van der Waals surface area contributed by atoms with Gasteiger partial charge in [-0.05, 0) is 12.8 Å². The van der Waals surface area contributed by atoms with Crippen LogP contribution in [0.3, 0.4) is 0 Å². The van der Waals surface area contributed by atoms with Crippen molar-refractivity contribution in [1.29, 1.82) is 0 Å². The largest absolute Gasteiger partial charge is 1.00 e. The van der Waals surface area contributed by atoms with E-state index in [-0.39, 0.29) is 116 Å². The van der Waals surface area contributed by atoms with Gasteiger partial charge in [0, 0.05) is 13.2 Å².